The molecule has 1 aliphatic rings. The number of fused-ring (bicyclic) bond motifs is 1. The van der Waals surface area contributed by atoms with Crippen LogP contribution < -0.4 is 10.1 Å². The molecule has 1 atom stereocenters. The molecule has 0 aliphatic carbocycles. The Morgan fingerprint density at radius 3 is 2.67 bits per heavy atom. The highest BCUT2D eigenvalue weighted by Gasteiger charge is 2.26. The van der Waals surface area contributed by atoms with Gasteiger partial charge in [0.25, 0.3) is 0 Å². The molecule has 1 unspecified atom stereocenters. The van der Waals surface area contributed by atoms with Gasteiger partial charge in [0, 0.05) is 18.1 Å². The number of benzene rings is 2. The van der Waals surface area contributed by atoms with Crippen molar-refractivity contribution >= 4 is 20.7 Å². The topological polar surface area (TPSA) is 60.3 Å². The van der Waals surface area contributed by atoms with Crippen molar-refractivity contribution in [1.29, 1.82) is 0 Å². The van der Waals surface area contributed by atoms with Crippen LogP contribution in [0.2, 0.25) is 0 Å². The van der Waals surface area contributed by atoms with E-state index in [1.54, 1.807) is 37.6 Å². The number of sulfone groups is 1. The number of hydrogen-bond donors (Lipinski definition) is 1. The van der Waals surface area contributed by atoms with Gasteiger partial charge in [0.1, 0.15) is 5.75 Å². The highest BCUT2D eigenvalue weighted by Crippen LogP contribution is 2.35. The average Bonchev–Trinajstić information content (AvgIpc) is 3.09. The molecule has 3 aromatic rings. The van der Waals surface area contributed by atoms with Gasteiger partial charge in [0.2, 0.25) is 9.84 Å². The minimum atomic E-state index is -3.60. The van der Waals surface area contributed by atoms with Crippen molar-refractivity contribution in [1.82, 2.24) is 9.88 Å². The summed E-state index contributed by atoms with van der Waals surface area (Å²) in [4.78, 5) is 0.651. The second-order valence-corrected chi connectivity index (χ2v) is 8.95. The van der Waals surface area contributed by atoms with Crippen LogP contribution >= 0.6 is 0 Å². The molecule has 1 saturated heterocycles. The third-order valence-electron chi connectivity index (χ3n) is 5.24. The highest BCUT2D eigenvalue weighted by atomic mass is 32.2. The Balaban J connectivity index is 1.86. The van der Waals surface area contributed by atoms with Crippen LogP contribution in [0.4, 0.5) is 0 Å². The number of rotatable bonds is 5. The fraction of sp³-hybridized carbons (Fsp3) is 0.333. The quantitative estimate of drug-likeness (QED) is 0.732. The zero-order valence-electron chi connectivity index (χ0n) is 15.4. The van der Waals surface area contributed by atoms with E-state index in [4.69, 9.17) is 4.74 Å². The number of ether oxygens (including phenoxy) is 1. The van der Waals surface area contributed by atoms with Gasteiger partial charge >= 0.3 is 0 Å². The smallest absolute Gasteiger partial charge is 0.208 e. The third kappa shape index (κ3) is 3.35. The lowest BCUT2D eigenvalue weighted by atomic mass is 10.00. The van der Waals surface area contributed by atoms with Gasteiger partial charge in [0.15, 0.2) is 0 Å². The maximum absolute atomic E-state index is 13.3. The molecule has 0 spiro atoms. The van der Waals surface area contributed by atoms with Crippen molar-refractivity contribution in [3.05, 3.63) is 54.7 Å². The van der Waals surface area contributed by atoms with E-state index in [0.29, 0.717) is 26.8 Å². The van der Waals surface area contributed by atoms with E-state index >= 15 is 0 Å². The zero-order chi connectivity index (χ0) is 18.9. The van der Waals surface area contributed by atoms with Gasteiger partial charge in [-0.1, -0.05) is 30.3 Å². The molecule has 0 amide bonds. The van der Waals surface area contributed by atoms with Gasteiger partial charge in [-0.25, -0.2) is 8.42 Å². The SMILES string of the molecule is COc1cccc2c(S(=O)(=O)c3ccccc3)cn(CC3CCCNC3)c12. The van der Waals surface area contributed by atoms with E-state index in [-0.39, 0.29) is 0 Å². The standard InChI is InChI=1S/C21H24N2O3S/c1-26-19-11-5-10-18-20(27(24,25)17-8-3-2-4-9-17)15-23(21(18)19)14-16-7-6-12-22-13-16/h2-5,8-11,15-16,22H,6-7,12-14H2,1H3. The molecule has 0 bridgehead atoms. The number of nitrogens with one attached hydrogen (secondary N) is 1. The molecular weight excluding hydrogens is 360 g/mol. The van der Waals surface area contributed by atoms with Crippen molar-refractivity contribution in [3.8, 4) is 5.75 Å². The Labute approximate surface area is 159 Å². The van der Waals surface area contributed by atoms with E-state index < -0.39 is 9.84 Å². The van der Waals surface area contributed by atoms with Gasteiger partial charge in [-0.3, -0.25) is 0 Å². The lowest BCUT2D eigenvalue weighted by Gasteiger charge is -2.23. The highest BCUT2D eigenvalue weighted by molar-refractivity contribution is 7.91. The number of para-hydroxylation sites is 1. The van der Waals surface area contributed by atoms with Crippen LogP contribution in [-0.4, -0.2) is 33.2 Å². The Morgan fingerprint density at radius 1 is 1.15 bits per heavy atom. The molecule has 27 heavy (non-hydrogen) atoms. The predicted molar refractivity (Wildman–Crippen MR) is 106 cm³/mol. The summed E-state index contributed by atoms with van der Waals surface area (Å²) in [6, 6.07) is 14.2. The third-order valence-corrected chi connectivity index (χ3v) is 7.04. The summed E-state index contributed by atoms with van der Waals surface area (Å²) >= 11 is 0. The minimum absolute atomic E-state index is 0.311. The van der Waals surface area contributed by atoms with Crippen LogP contribution in [0.15, 0.2) is 64.5 Å². The molecule has 4 rings (SSSR count). The largest absolute Gasteiger partial charge is 0.495 e. The Kier molecular flexibility index (Phi) is 4.93. The lowest BCUT2D eigenvalue weighted by molar-refractivity contribution is 0.339. The lowest BCUT2D eigenvalue weighted by Crippen LogP contribution is -2.32. The Hall–Kier alpha value is -2.31. The number of hydrogen-bond acceptors (Lipinski definition) is 4. The van der Waals surface area contributed by atoms with Crippen LogP contribution in [0.1, 0.15) is 12.8 Å². The van der Waals surface area contributed by atoms with Crippen molar-refractivity contribution in [3.63, 3.8) is 0 Å². The second-order valence-electron chi connectivity index (χ2n) is 7.03. The number of nitrogens with zero attached hydrogens (tertiary/aromatic N) is 1. The van der Waals surface area contributed by atoms with E-state index in [1.807, 2.05) is 24.3 Å². The molecule has 142 valence electrons. The molecule has 2 aromatic carbocycles. The van der Waals surface area contributed by atoms with Gasteiger partial charge in [-0.15, -0.1) is 0 Å². The predicted octanol–water partition coefficient (Wildman–Crippen LogP) is 3.48. The molecule has 1 aromatic heterocycles. The summed E-state index contributed by atoms with van der Waals surface area (Å²) in [5.74, 6) is 1.18. The van der Waals surface area contributed by atoms with E-state index in [1.165, 1.54) is 0 Å². The summed E-state index contributed by atoms with van der Waals surface area (Å²) in [6.45, 7) is 2.78. The Morgan fingerprint density at radius 2 is 1.96 bits per heavy atom. The fourth-order valence-electron chi connectivity index (χ4n) is 3.90. The average molecular weight is 385 g/mol. The van der Waals surface area contributed by atoms with Crippen molar-refractivity contribution in [2.75, 3.05) is 20.2 Å². The molecule has 2 heterocycles. The van der Waals surface area contributed by atoms with Gasteiger partial charge in [-0.2, -0.15) is 0 Å². The van der Waals surface area contributed by atoms with Crippen molar-refractivity contribution < 1.29 is 13.2 Å². The first-order valence-corrected chi connectivity index (χ1v) is 10.8. The second kappa shape index (κ2) is 7.37. The summed E-state index contributed by atoms with van der Waals surface area (Å²) in [5, 5.41) is 4.14. The molecular formula is C21H24N2O3S. The monoisotopic (exact) mass is 384 g/mol. The first-order chi connectivity index (χ1) is 13.1. The van der Waals surface area contributed by atoms with E-state index in [2.05, 4.69) is 9.88 Å². The van der Waals surface area contributed by atoms with Gasteiger partial charge in [-0.05, 0) is 50.0 Å². The molecule has 0 saturated carbocycles. The molecule has 0 radical (unpaired) electrons. The molecule has 1 aliphatic heterocycles. The molecule has 1 fully saturated rings. The molecule has 6 heteroatoms. The number of piperidine rings is 1. The molecule has 1 N–H and O–H groups in total. The van der Waals surface area contributed by atoms with Crippen molar-refractivity contribution in [2.24, 2.45) is 5.92 Å². The number of aromatic nitrogens is 1. The first kappa shape index (κ1) is 18.1. The van der Waals surface area contributed by atoms with E-state index in [9.17, 15) is 8.42 Å². The summed E-state index contributed by atoms with van der Waals surface area (Å²) < 4.78 is 34.2. The van der Waals surface area contributed by atoms with Crippen LogP contribution in [0.5, 0.6) is 5.75 Å². The van der Waals surface area contributed by atoms with Crippen LogP contribution in [-0.2, 0) is 16.4 Å². The van der Waals surface area contributed by atoms with Gasteiger partial charge in [0.05, 0.1) is 22.4 Å². The maximum Gasteiger partial charge on any atom is 0.208 e. The maximum atomic E-state index is 13.3. The molecule has 5 nitrogen and oxygen atoms in total. The zero-order valence-corrected chi connectivity index (χ0v) is 16.2. The number of methoxy groups -OCH3 is 1. The minimum Gasteiger partial charge on any atom is -0.495 e. The van der Waals surface area contributed by atoms with Gasteiger partial charge < -0.3 is 14.6 Å². The van der Waals surface area contributed by atoms with Crippen LogP contribution in [0, 0.1) is 5.92 Å². The van der Waals surface area contributed by atoms with Crippen LogP contribution in [0.3, 0.4) is 0 Å². The summed E-state index contributed by atoms with van der Waals surface area (Å²) in [6.07, 6.45) is 4.07. The normalized spacial score (nSPS) is 17.9. The van der Waals surface area contributed by atoms with E-state index in [0.717, 1.165) is 38.0 Å². The van der Waals surface area contributed by atoms with Crippen LogP contribution in [0.25, 0.3) is 10.9 Å². The first-order valence-electron chi connectivity index (χ1n) is 9.28. The summed E-state index contributed by atoms with van der Waals surface area (Å²) in [5.41, 5.74) is 0.847. The fourth-order valence-corrected chi connectivity index (χ4v) is 5.39. The van der Waals surface area contributed by atoms with Crippen molar-refractivity contribution in [2.45, 2.75) is 29.2 Å². The Bertz CT molecular complexity index is 1040. The summed E-state index contributed by atoms with van der Waals surface area (Å²) in [7, 11) is -1.98.